The number of H-pyrrole nitrogens is 1. The van der Waals surface area contributed by atoms with Crippen molar-refractivity contribution in [2.75, 3.05) is 6.26 Å². The number of hydrogen-bond acceptors (Lipinski definition) is 4. The summed E-state index contributed by atoms with van der Waals surface area (Å²) in [4.78, 5) is 17.7. The highest BCUT2D eigenvalue weighted by molar-refractivity contribution is 7.91. The van der Waals surface area contributed by atoms with Crippen LogP contribution in [0.1, 0.15) is 0 Å². The highest BCUT2D eigenvalue weighted by Gasteiger charge is 2.14. The van der Waals surface area contributed by atoms with Crippen LogP contribution in [0, 0.1) is 0 Å². The highest BCUT2D eigenvalue weighted by Crippen LogP contribution is 2.17. The van der Waals surface area contributed by atoms with Crippen molar-refractivity contribution in [2.24, 2.45) is 0 Å². The molecule has 0 spiro atoms. The Morgan fingerprint density at radius 3 is 2.73 bits per heavy atom. The highest BCUT2D eigenvalue weighted by atomic mass is 32.2. The second-order valence-corrected chi connectivity index (χ2v) is 5.14. The molecule has 1 N–H and O–H groups in total. The molecule has 0 aliphatic carbocycles. The van der Waals surface area contributed by atoms with Gasteiger partial charge in [-0.2, -0.15) is 0 Å². The second kappa shape index (κ2) is 3.16. The van der Waals surface area contributed by atoms with Crippen molar-refractivity contribution in [3.8, 4) is 0 Å². The van der Waals surface area contributed by atoms with E-state index < -0.39 is 15.4 Å². The van der Waals surface area contributed by atoms with Crippen LogP contribution in [0.5, 0.6) is 0 Å². The minimum atomic E-state index is -3.41. The smallest absolute Gasteiger partial charge is 0.259 e. The van der Waals surface area contributed by atoms with Gasteiger partial charge < -0.3 is 4.98 Å². The zero-order valence-corrected chi connectivity index (χ0v) is 8.71. The van der Waals surface area contributed by atoms with Crippen molar-refractivity contribution in [1.82, 2.24) is 9.97 Å². The minimum Gasteiger partial charge on any atom is -0.313 e. The summed E-state index contributed by atoms with van der Waals surface area (Å²) in [7, 11) is -3.41. The van der Waals surface area contributed by atoms with E-state index in [9.17, 15) is 13.2 Å². The number of aromatic amines is 1. The van der Waals surface area contributed by atoms with Crippen molar-refractivity contribution in [1.29, 1.82) is 0 Å². The lowest BCUT2D eigenvalue weighted by molar-refractivity contribution is 0.602. The van der Waals surface area contributed by atoms with Gasteiger partial charge in [-0.25, -0.2) is 13.4 Å². The number of aromatic nitrogens is 2. The predicted molar refractivity (Wildman–Crippen MR) is 55.5 cm³/mol. The summed E-state index contributed by atoms with van der Waals surface area (Å²) in [6.07, 6.45) is 2.31. The minimum absolute atomic E-state index is 0.00866. The maximum Gasteiger partial charge on any atom is 0.259 e. The van der Waals surface area contributed by atoms with E-state index in [0.29, 0.717) is 5.52 Å². The average Bonchev–Trinajstić information content (AvgIpc) is 2.16. The third kappa shape index (κ3) is 1.63. The van der Waals surface area contributed by atoms with Crippen molar-refractivity contribution < 1.29 is 8.42 Å². The molecule has 5 nitrogen and oxygen atoms in total. The zero-order chi connectivity index (χ0) is 11.1. The summed E-state index contributed by atoms with van der Waals surface area (Å²) >= 11 is 0. The SMILES string of the molecule is CS(=O)(=O)c1cccc2nc[nH]c(=O)c12. The second-order valence-electron chi connectivity index (χ2n) is 3.15. The van der Waals surface area contributed by atoms with E-state index >= 15 is 0 Å². The average molecular weight is 224 g/mol. The molecule has 78 valence electrons. The third-order valence-corrected chi connectivity index (χ3v) is 3.17. The first-order chi connectivity index (χ1) is 7.00. The number of nitrogens with one attached hydrogen (secondary N) is 1. The van der Waals surface area contributed by atoms with Gasteiger partial charge in [-0.15, -0.1) is 0 Å². The van der Waals surface area contributed by atoms with Crippen LogP contribution in [-0.2, 0) is 9.84 Å². The Hall–Kier alpha value is -1.69. The topological polar surface area (TPSA) is 79.9 Å². The molecular weight excluding hydrogens is 216 g/mol. The van der Waals surface area contributed by atoms with E-state index in [2.05, 4.69) is 9.97 Å². The Labute approximate surface area is 85.7 Å². The molecule has 1 aromatic carbocycles. The molecule has 0 bridgehead atoms. The van der Waals surface area contributed by atoms with Gasteiger partial charge >= 0.3 is 0 Å². The summed E-state index contributed by atoms with van der Waals surface area (Å²) in [5.74, 6) is 0. The van der Waals surface area contributed by atoms with Gasteiger partial charge in [0.05, 0.1) is 22.1 Å². The van der Waals surface area contributed by atoms with E-state index in [-0.39, 0.29) is 10.3 Å². The molecule has 6 heteroatoms. The lowest BCUT2D eigenvalue weighted by Gasteiger charge is -2.01. The molecule has 0 saturated heterocycles. The fraction of sp³-hybridized carbons (Fsp3) is 0.111. The Balaban J connectivity index is 3.06. The Kier molecular flexibility index (Phi) is 2.08. The standard InChI is InChI=1S/C9H8N2O3S/c1-15(13,14)7-4-2-3-6-8(7)9(12)11-5-10-6/h2-5H,1H3,(H,10,11,12). The van der Waals surface area contributed by atoms with Gasteiger partial charge in [0.25, 0.3) is 5.56 Å². The van der Waals surface area contributed by atoms with E-state index in [1.54, 1.807) is 12.1 Å². The van der Waals surface area contributed by atoms with Gasteiger partial charge in [0, 0.05) is 6.26 Å². The van der Waals surface area contributed by atoms with E-state index in [4.69, 9.17) is 0 Å². The van der Waals surface area contributed by atoms with Crippen molar-refractivity contribution in [3.05, 3.63) is 34.9 Å². The maximum absolute atomic E-state index is 11.5. The van der Waals surface area contributed by atoms with Crippen LogP contribution in [0.2, 0.25) is 0 Å². The quantitative estimate of drug-likeness (QED) is 0.756. The van der Waals surface area contributed by atoms with Crippen LogP contribution in [0.3, 0.4) is 0 Å². The van der Waals surface area contributed by atoms with E-state index in [1.807, 2.05) is 0 Å². The Bertz CT molecular complexity index is 668. The Morgan fingerprint density at radius 2 is 2.07 bits per heavy atom. The van der Waals surface area contributed by atoms with Crippen LogP contribution in [-0.4, -0.2) is 24.6 Å². The van der Waals surface area contributed by atoms with E-state index in [0.717, 1.165) is 6.26 Å². The van der Waals surface area contributed by atoms with Gasteiger partial charge in [0.1, 0.15) is 0 Å². The number of benzene rings is 1. The molecule has 2 aromatic rings. The molecule has 0 radical (unpaired) electrons. The lowest BCUT2D eigenvalue weighted by atomic mass is 10.2. The molecule has 0 amide bonds. The first-order valence-electron chi connectivity index (χ1n) is 4.16. The summed E-state index contributed by atoms with van der Waals surface area (Å²) in [6, 6.07) is 4.55. The molecule has 1 heterocycles. The first-order valence-corrected chi connectivity index (χ1v) is 6.06. The lowest BCUT2D eigenvalue weighted by Crippen LogP contribution is -2.11. The normalized spacial score (nSPS) is 11.8. The van der Waals surface area contributed by atoms with Gasteiger partial charge in [0.15, 0.2) is 9.84 Å². The van der Waals surface area contributed by atoms with Crippen molar-refractivity contribution in [2.45, 2.75) is 4.90 Å². The molecular formula is C9H8N2O3S. The Morgan fingerprint density at radius 1 is 1.33 bits per heavy atom. The number of rotatable bonds is 1. The number of sulfone groups is 1. The number of fused-ring (bicyclic) bond motifs is 1. The molecule has 0 saturated carbocycles. The zero-order valence-electron chi connectivity index (χ0n) is 7.89. The molecule has 0 aliphatic heterocycles. The summed E-state index contributed by atoms with van der Waals surface area (Å²) < 4.78 is 22.8. The molecule has 0 aliphatic rings. The number of hydrogen-bond donors (Lipinski definition) is 1. The van der Waals surface area contributed by atoms with Crippen LogP contribution in [0.25, 0.3) is 10.9 Å². The molecule has 0 atom stereocenters. The fourth-order valence-electron chi connectivity index (χ4n) is 1.40. The summed E-state index contributed by atoms with van der Waals surface area (Å²) in [5, 5.41) is 0.113. The van der Waals surface area contributed by atoms with Crippen molar-refractivity contribution in [3.63, 3.8) is 0 Å². The van der Waals surface area contributed by atoms with Crippen LogP contribution in [0.4, 0.5) is 0 Å². The summed E-state index contributed by atoms with van der Waals surface area (Å²) in [5.41, 5.74) is -0.0669. The van der Waals surface area contributed by atoms with Crippen LogP contribution in [0.15, 0.2) is 34.2 Å². The van der Waals surface area contributed by atoms with Gasteiger partial charge in [-0.05, 0) is 12.1 Å². The monoisotopic (exact) mass is 224 g/mol. The maximum atomic E-state index is 11.5. The molecule has 2 rings (SSSR count). The molecule has 0 fully saturated rings. The van der Waals surface area contributed by atoms with Gasteiger partial charge in [0.2, 0.25) is 0 Å². The first kappa shape index (κ1) is 9.85. The summed E-state index contributed by atoms with van der Waals surface area (Å²) in [6.45, 7) is 0. The van der Waals surface area contributed by atoms with Crippen LogP contribution < -0.4 is 5.56 Å². The largest absolute Gasteiger partial charge is 0.313 e. The van der Waals surface area contributed by atoms with E-state index in [1.165, 1.54) is 12.4 Å². The fourth-order valence-corrected chi connectivity index (χ4v) is 2.29. The molecule has 1 aromatic heterocycles. The third-order valence-electron chi connectivity index (χ3n) is 2.03. The molecule has 15 heavy (non-hydrogen) atoms. The van der Waals surface area contributed by atoms with Gasteiger partial charge in [-0.3, -0.25) is 4.79 Å². The van der Waals surface area contributed by atoms with Crippen LogP contribution >= 0.6 is 0 Å². The van der Waals surface area contributed by atoms with Gasteiger partial charge in [-0.1, -0.05) is 6.07 Å². The predicted octanol–water partition coefficient (Wildman–Crippen LogP) is 0.327. The molecule has 0 unspecified atom stereocenters. The van der Waals surface area contributed by atoms with Crippen molar-refractivity contribution >= 4 is 20.7 Å². The number of nitrogens with zero attached hydrogens (tertiary/aromatic N) is 1.